The van der Waals surface area contributed by atoms with Gasteiger partial charge in [-0.1, -0.05) is 6.07 Å². The summed E-state index contributed by atoms with van der Waals surface area (Å²) in [4.78, 5) is 0. The molecule has 4 nitrogen and oxygen atoms in total. The van der Waals surface area contributed by atoms with Gasteiger partial charge in [0.1, 0.15) is 11.6 Å². The van der Waals surface area contributed by atoms with Crippen LogP contribution in [0.1, 0.15) is 29.8 Å². The molecule has 2 aromatic rings. The van der Waals surface area contributed by atoms with Crippen molar-refractivity contribution in [2.75, 3.05) is 0 Å². The van der Waals surface area contributed by atoms with Crippen molar-refractivity contribution in [1.29, 1.82) is 0 Å². The molecule has 0 fully saturated rings. The fourth-order valence-corrected chi connectivity index (χ4v) is 1.81. The number of nitrogens with one attached hydrogen (secondary N) is 2. The van der Waals surface area contributed by atoms with Gasteiger partial charge in [0.2, 0.25) is 0 Å². The van der Waals surface area contributed by atoms with Crippen LogP contribution in [0.2, 0.25) is 0 Å². The van der Waals surface area contributed by atoms with Crippen LogP contribution in [-0.2, 0) is 6.54 Å². The summed E-state index contributed by atoms with van der Waals surface area (Å²) >= 11 is 0. The van der Waals surface area contributed by atoms with Crippen LogP contribution in [0.3, 0.4) is 0 Å². The molecule has 0 aliphatic carbocycles. The molecule has 5 heteroatoms. The summed E-state index contributed by atoms with van der Waals surface area (Å²) < 4.78 is 12.9. The van der Waals surface area contributed by atoms with E-state index in [1.54, 1.807) is 12.3 Å². The molecule has 1 aromatic carbocycles. The molecule has 1 atom stereocenters. The zero-order chi connectivity index (χ0) is 13.1. The Hall–Kier alpha value is -1.88. The van der Waals surface area contributed by atoms with E-state index in [4.69, 9.17) is 0 Å². The number of hydrogen-bond acceptors (Lipinski definition) is 3. The smallest absolute Gasteiger partial charge is 0.126 e. The molecule has 0 aliphatic rings. The van der Waals surface area contributed by atoms with Gasteiger partial charge < -0.3 is 10.4 Å². The number of halogens is 1. The van der Waals surface area contributed by atoms with E-state index in [2.05, 4.69) is 15.5 Å². The Kier molecular flexibility index (Phi) is 3.62. The molecule has 1 unspecified atom stereocenters. The van der Waals surface area contributed by atoms with Gasteiger partial charge in [-0.2, -0.15) is 5.10 Å². The molecule has 2 rings (SSSR count). The Balaban J connectivity index is 2.03. The van der Waals surface area contributed by atoms with Crippen LogP contribution >= 0.6 is 0 Å². The summed E-state index contributed by atoms with van der Waals surface area (Å²) in [5, 5.41) is 19.7. The van der Waals surface area contributed by atoms with Gasteiger partial charge in [-0.3, -0.25) is 5.10 Å². The molecule has 0 spiro atoms. The zero-order valence-corrected chi connectivity index (χ0v) is 10.4. The maximum atomic E-state index is 12.9. The summed E-state index contributed by atoms with van der Waals surface area (Å²) in [5.41, 5.74) is 2.76. The second-order valence-corrected chi connectivity index (χ2v) is 4.33. The van der Waals surface area contributed by atoms with Gasteiger partial charge in [0.15, 0.2) is 0 Å². The minimum atomic E-state index is -0.436. The maximum Gasteiger partial charge on any atom is 0.126 e. The van der Waals surface area contributed by atoms with Crippen molar-refractivity contribution < 1.29 is 9.50 Å². The van der Waals surface area contributed by atoms with Gasteiger partial charge in [-0.15, -0.1) is 0 Å². The lowest BCUT2D eigenvalue weighted by molar-refractivity contribution is 0.446. The fraction of sp³-hybridized carbons (Fsp3) is 0.308. The Morgan fingerprint density at radius 1 is 1.50 bits per heavy atom. The lowest BCUT2D eigenvalue weighted by Gasteiger charge is -2.15. The molecule has 96 valence electrons. The van der Waals surface area contributed by atoms with Crippen molar-refractivity contribution >= 4 is 0 Å². The SMILES string of the molecule is Cc1[nH]ncc1CNC(C)c1ccc(F)cc1O. The summed E-state index contributed by atoms with van der Waals surface area (Å²) in [6.45, 7) is 4.51. The summed E-state index contributed by atoms with van der Waals surface area (Å²) in [6.07, 6.45) is 1.76. The van der Waals surface area contributed by atoms with Gasteiger partial charge in [-0.05, 0) is 19.9 Å². The largest absolute Gasteiger partial charge is 0.508 e. The Bertz CT molecular complexity index is 539. The molecular weight excluding hydrogens is 233 g/mol. The average molecular weight is 249 g/mol. The number of aromatic hydroxyl groups is 1. The van der Waals surface area contributed by atoms with Crippen LogP contribution in [0, 0.1) is 12.7 Å². The minimum absolute atomic E-state index is 0.0288. The number of H-pyrrole nitrogens is 1. The zero-order valence-electron chi connectivity index (χ0n) is 10.4. The van der Waals surface area contributed by atoms with Gasteiger partial charge in [0, 0.05) is 35.5 Å². The van der Waals surface area contributed by atoms with Gasteiger partial charge in [-0.25, -0.2) is 4.39 Å². The topological polar surface area (TPSA) is 60.9 Å². The highest BCUT2D eigenvalue weighted by Gasteiger charge is 2.11. The van der Waals surface area contributed by atoms with E-state index in [1.807, 2.05) is 13.8 Å². The van der Waals surface area contributed by atoms with Crippen molar-refractivity contribution in [2.24, 2.45) is 0 Å². The second kappa shape index (κ2) is 5.18. The summed E-state index contributed by atoms with van der Waals surface area (Å²) in [5.74, 6) is -0.465. The van der Waals surface area contributed by atoms with Crippen LogP contribution < -0.4 is 5.32 Å². The third-order valence-electron chi connectivity index (χ3n) is 2.99. The molecule has 0 saturated heterocycles. The number of benzene rings is 1. The molecule has 0 saturated carbocycles. The summed E-state index contributed by atoms with van der Waals surface area (Å²) in [7, 11) is 0. The first-order valence-electron chi connectivity index (χ1n) is 5.78. The second-order valence-electron chi connectivity index (χ2n) is 4.33. The molecule has 0 amide bonds. The van der Waals surface area contributed by atoms with Crippen molar-refractivity contribution in [3.63, 3.8) is 0 Å². The molecule has 0 bridgehead atoms. The first-order valence-corrected chi connectivity index (χ1v) is 5.78. The third-order valence-corrected chi connectivity index (χ3v) is 2.99. The van der Waals surface area contributed by atoms with E-state index in [1.165, 1.54) is 6.07 Å². The number of nitrogens with zero attached hydrogens (tertiary/aromatic N) is 1. The molecular formula is C13H16FN3O. The first kappa shape index (κ1) is 12.6. The van der Waals surface area contributed by atoms with Gasteiger partial charge in [0.25, 0.3) is 0 Å². The molecule has 3 N–H and O–H groups in total. The van der Waals surface area contributed by atoms with Crippen molar-refractivity contribution in [3.8, 4) is 5.75 Å². The average Bonchev–Trinajstić information content (AvgIpc) is 2.72. The fourth-order valence-electron chi connectivity index (χ4n) is 1.81. The number of aryl methyl sites for hydroxylation is 1. The number of aromatic amines is 1. The van der Waals surface area contributed by atoms with Crippen molar-refractivity contribution in [3.05, 3.63) is 47.0 Å². The Morgan fingerprint density at radius 2 is 2.28 bits per heavy atom. The number of phenolic OH excluding ortho intramolecular Hbond substituents is 1. The van der Waals surface area contributed by atoms with Gasteiger partial charge >= 0.3 is 0 Å². The van der Waals surface area contributed by atoms with Crippen LogP contribution in [0.25, 0.3) is 0 Å². The van der Waals surface area contributed by atoms with Crippen LogP contribution in [-0.4, -0.2) is 15.3 Å². The summed E-state index contributed by atoms with van der Waals surface area (Å²) in [6, 6.07) is 3.98. The molecule has 18 heavy (non-hydrogen) atoms. The predicted molar refractivity (Wildman–Crippen MR) is 66.6 cm³/mol. The quantitative estimate of drug-likeness (QED) is 0.779. The molecule has 0 radical (unpaired) electrons. The van der Waals surface area contributed by atoms with Crippen LogP contribution in [0.4, 0.5) is 4.39 Å². The number of aromatic nitrogens is 2. The van der Waals surface area contributed by atoms with Crippen LogP contribution in [0.5, 0.6) is 5.75 Å². The normalized spacial score (nSPS) is 12.6. The highest BCUT2D eigenvalue weighted by molar-refractivity contribution is 5.35. The molecule has 1 aromatic heterocycles. The first-order chi connectivity index (χ1) is 8.58. The van der Waals surface area contributed by atoms with Crippen LogP contribution in [0.15, 0.2) is 24.4 Å². The van der Waals surface area contributed by atoms with Gasteiger partial charge in [0.05, 0.1) is 6.20 Å². The highest BCUT2D eigenvalue weighted by Crippen LogP contribution is 2.24. The van der Waals surface area contributed by atoms with Crippen molar-refractivity contribution in [2.45, 2.75) is 26.4 Å². The molecule has 0 aliphatic heterocycles. The monoisotopic (exact) mass is 249 g/mol. The predicted octanol–water partition coefficient (Wildman–Crippen LogP) is 2.41. The molecule has 1 heterocycles. The van der Waals surface area contributed by atoms with E-state index < -0.39 is 5.82 Å². The van der Waals surface area contributed by atoms with E-state index in [-0.39, 0.29) is 11.8 Å². The minimum Gasteiger partial charge on any atom is -0.508 e. The Labute approximate surface area is 105 Å². The number of rotatable bonds is 4. The van der Waals surface area contributed by atoms with E-state index in [9.17, 15) is 9.50 Å². The maximum absolute atomic E-state index is 12.9. The number of hydrogen-bond donors (Lipinski definition) is 3. The lowest BCUT2D eigenvalue weighted by Crippen LogP contribution is -2.18. The van der Waals surface area contributed by atoms with E-state index >= 15 is 0 Å². The third kappa shape index (κ3) is 2.68. The van der Waals surface area contributed by atoms with E-state index in [0.29, 0.717) is 12.1 Å². The number of phenols is 1. The standard InChI is InChI=1S/C13H16FN3O/c1-8-10(7-16-17-8)6-15-9(2)12-4-3-11(14)5-13(12)18/h3-5,7,9,15,18H,6H2,1-2H3,(H,16,17). The Morgan fingerprint density at radius 3 is 2.89 bits per heavy atom. The van der Waals surface area contributed by atoms with Crippen molar-refractivity contribution in [1.82, 2.24) is 15.5 Å². The van der Waals surface area contributed by atoms with E-state index in [0.717, 1.165) is 17.3 Å². The lowest BCUT2D eigenvalue weighted by atomic mass is 10.1. The highest BCUT2D eigenvalue weighted by atomic mass is 19.1.